The van der Waals surface area contributed by atoms with Gasteiger partial charge in [0.2, 0.25) is 0 Å². The molecule has 1 rings (SSSR count). The molecule has 7 heteroatoms. The molecule has 0 aromatic heterocycles. The molecule has 0 N–H and O–H groups in total. The number of alkyl halides is 5. The number of halogens is 7. The predicted molar refractivity (Wildman–Crippen MR) is 35.1 cm³/mol. The van der Waals surface area contributed by atoms with Gasteiger partial charge >= 0.3 is 12.1 Å². The third kappa shape index (κ3) is 1.91. The van der Waals surface area contributed by atoms with Crippen molar-refractivity contribution in [3.05, 3.63) is 35.4 Å². The summed E-state index contributed by atoms with van der Waals surface area (Å²) in [4.78, 5) is 0. The largest absolute Gasteiger partial charge is 0.458 e. The molecular weight excluding hydrogens is 229 g/mol. The first-order chi connectivity index (χ1) is 6.68. The van der Waals surface area contributed by atoms with Gasteiger partial charge in [-0.3, -0.25) is 0 Å². The smallest absolute Gasteiger partial charge is 0.206 e. The highest BCUT2D eigenvalue weighted by atomic mass is 19.4. The second-order valence-corrected chi connectivity index (χ2v) is 2.60. The molecule has 0 saturated heterocycles. The molecule has 0 aliphatic rings. The van der Waals surface area contributed by atoms with Crippen LogP contribution in [0.4, 0.5) is 30.7 Å². The zero-order chi connectivity index (χ0) is 11.9. The Labute approximate surface area is 79.3 Å². The van der Waals surface area contributed by atoms with E-state index in [-0.39, 0.29) is 12.1 Å². The van der Waals surface area contributed by atoms with Crippen molar-refractivity contribution in [2.75, 3.05) is 0 Å². The fourth-order valence-corrected chi connectivity index (χ4v) is 0.888. The molecule has 0 heterocycles. The Bertz CT molecular complexity index is 345. The van der Waals surface area contributed by atoms with Gasteiger partial charge in [-0.2, -0.15) is 22.0 Å². The van der Waals surface area contributed by atoms with Gasteiger partial charge in [-0.25, -0.2) is 8.78 Å². The minimum atomic E-state index is -6.05. The summed E-state index contributed by atoms with van der Waals surface area (Å²) in [5.74, 6) is -9.54. The maximum absolute atomic E-state index is 12.6. The van der Waals surface area contributed by atoms with Crippen molar-refractivity contribution in [2.24, 2.45) is 0 Å². The summed E-state index contributed by atoms with van der Waals surface area (Å²) in [5, 5.41) is 0. The van der Waals surface area contributed by atoms with Crippen LogP contribution < -0.4 is 0 Å². The summed E-state index contributed by atoms with van der Waals surface area (Å²) in [6, 6.07) is 2.16. The normalized spacial score (nSPS) is 13.0. The van der Waals surface area contributed by atoms with E-state index in [2.05, 4.69) is 0 Å². The van der Waals surface area contributed by atoms with Crippen LogP contribution in [0.2, 0.25) is 0 Å². The van der Waals surface area contributed by atoms with E-state index in [4.69, 9.17) is 0 Å². The lowest BCUT2D eigenvalue weighted by Crippen LogP contribution is -2.35. The highest BCUT2D eigenvalue weighted by Gasteiger charge is 2.61. The first-order valence-corrected chi connectivity index (χ1v) is 3.48. The first-order valence-electron chi connectivity index (χ1n) is 3.48. The number of benzene rings is 1. The zero-order valence-electron chi connectivity index (χ0n) is 6.80. The van der Waals surface area contributed by atoms with Crippen LogP contribution in [0.1, 0.15) is 5.56 Å². The molecule has 1 aromatic rings. The molecule has 0 bridgehead atoms. The SMILES string of the molecule is Fc1c[c]cc(F)c1C(F)(F)C(F)(F)F. The van der Waals surface area contributed by atoms with E-state index in [1.165, 1.54) is 0 Å². The van der Waals surface area contributed by atoms with Crippen LogP contribution >= 0.6 is 0 Å². The molecule has 1 radical (unpaired) electrons. The Morgan fingerprint density at radius 3 is 1.60 bits per heavy atom. The van der Waals surface area contributed by atoms with E-state index in [0.717, 1.165) is 0 Å². The summed E-state index contributed by atoms with van der Waals surface area (Å²) in [7, 11) is 0. The van der Waals surface area contributed by atoms with Crippen molar-refractivity contribution in [1.29, 1.82) is 0 Å². The molecule has 0 fully saturated rings. The molecule has 0 amide bonds. The van der Waals surface area contributed by atoms with E-state index >= 15 is 0 Å². The average molecular weight is 231 g/mol. The van der Waals surface area contributed by atoms with Crippen molar-refractivity contribution < 1.29 is 30.7 Å². The van der Waals surface area contributed by atoms with Gasteiger partial charge in [0.05, 0.1) is 0 Å². The minimum absolute atomic E-state index is 0.206. The van der Waals surface area contributed by atoms with Crippen molar-refractivity contribution in [3.63, 3.8) is 0 Å². The van der Waals surface area contributed by atoms with Gasteiger partial charge in [0, 0.05) is 0 Å². The van der Waals surface area contributed by atoms with Crippen LogP contribution in [-0.4, -0.2) is 6.18 Å². The van der Waals surface area contributed by atoms with Gasteiger partial charge in [-0.1, -0.05) is 0 Å². The van der Waals surface area contributed by atoms with Gasteiger partial charge in [0.1, 0.15) is 17.2 Å². The molecule has 0 unspecified atom stereocenters. The summed E-state index contributed by atoms with van der Waals surface area (Å²) in [5.41, 5.74) is -2.31. The zero-order valence-corrected chi connectivity index (χ0v) is 6.80. The van der Waals surface area contributed by atoms with Gasteiger partial charge in [0.25, 0.3) is 0 Å². The highest BCUT2D eigenvalue weighted by molar-refractivity contribution is 5.25. The fraction of sp³-hybridized carbons (Fsp3) is 0.250. The van der Waals surface area contributed by atoms with E-state index in [1.807, 2.05) is 0 Å². The Hall–Kier alpha value is -1.27. The molecular formula is C8H2F7. The van der Waals surface area contributed by atoms with Crippen LogP contribution in [0.3, 0.4) is 0 Å². The number of hydrogen-bond acceptors (Lipinski definition) is 0. The Balaban J connectivity index is 3.39. The molecule has 83 valence electrons. The maximum Gasteiger partial charge on any atom is 0.458 e. The maximum atomic E-state index is 12.6. The summed E-state index contributed by atoms with van der Waals surface area (Å²) in [6.07, 6.45) is -6.05. The monoisotopic (exact) mass is 231 g/mol. The summed E-state index contributed by atoms with van der Waals surface area (Å²) in [6.45, 7) is 0. The molecule has 0 nitrogen and oxygen atoms in total. The van der Waals surface area contributed by atoms with E-state index in [9.17, 15) is 30.7 Å². The van der Waals surface area contributed by atoms with E-state index in [0.29, 0.717) is 0 Å². The van der Waals surface area contributed by atoms with Crippen LogP contribution in [0, 0.1) is 17.7 Å². The molecule has 0 aliphatic heterocycles. The van der Waals surface area contributed by atoms with Crippen LogP contribution in [0.5, 0.6) is 0 Å². The standard InChI is InChI=1S/C8H2F7/c9-4-2-1-3-5(10)6(4)7(11,12)8(13,14)15/h2-3H. The molecule has 1 aromatic carbocycles. The molecule has 0 aliphatic carbocycles. The van der Waals surface area contributed by atoms with Gasteiger partial charge in [0.15, 0.2) is 0 Å². The van der Waals surface area contributed by atoms with Crippen LogP contribution in [0.15, 0.2) is 12.1 Å². The summed E-state index contributed by atoms with van der Waals surface area (Å²) < 4.78 is 85.7. The Kier molecular flexibility index (Phi) is 2.67. The van der Waals surface area contributed by atoms with Crippen LogP contribution in [-0.2, 0) is 5.92 Å². The quantitative estimate of drug-likeness (QED) is 0.649. The lowest BCUT2D eigenvalue weighted by molar-refractivity contribution is -0.291. The van der Waals surface area contributed by atoms with E-state index in [1.54, 1.807) is 6.07 Å². The lowest BCUT2D eigenvalue weighted by Gasteiger charge is -2.20. The molecule has 0 spiro atoms. The predicted octanol–water partition coefficient (Wildman–Crippen LogP) is 3.42. The van der Waals surface area contributed by atoms with Gasteiger partial charge in [-0.05, 0) is 18.2 Å². The topological polar surface area (TPSA) is 0 Å². The first kappa shape index (κ1) is 11.8. The fourth-order valence-electron chi connectivity index (χ4n) is 0.888. The van der Waals surface area contributed by atoms with E-state index < -0.39 is 29.3 Å². The number of rotatable bonds is 1. The second-order valence-electron chi connectivity index (χ2n) is 2.60. The van der Waals surface area contributed by atoms with Crippen LogP contribution in [0.25, 0.3) is 0 Å². The van der Waals surface area contributed by atoms with Gasteiger partial charge in [-0.15, -0.1) is 0 Å². The van der Waals surface area contributed by atoms with Crippen molar-refractivity contribution in [3.8, 4) is 0 Å². The number of hydrogen-bond donors (Lipinski definition) is 0. The van der Waals surface area contributed by atoms with Crippen molar-refractivity contribution in [1.82, 2.24) is 0 Å². The Morgan fingerprint density at radius 2 is 1.27 bits per heavy atom. The second kappa shape index (κ2) is 3.39. The third-order valence-corrected chi connectivity index (χ3v) is 1.57. The molecule has 0 atom stereocenters. The van der Waals surface area contributed by atoms with Gasteiger partial charge < -0.3 is 0 Å². The lowest BCUT2D eigenvalue weighted by atomic mass is 10.1. The highest BCUT2D eigenvalue weighted by Crippen LogP contribution is 2.45. The van der Waals surface area contributed by atoms with Crippen molar-refractivity contribution >= 4 is 0 Å². The Morgan fingerprint density at radius 1 is 0.867 bits per heavy atom. The third-order valence-electron chi connectivity index (χ3n) is 1.57. The molecule has 0 saturated carbocycles. The molecule has 15 heavy (non-hydrogen) atoms. The average Bonchev–Trinajstić information content (AvgIpc) is 2.00. The minimum Gasteiger partial charge on any atom is -0.206 e. The summed E-state index contributed by atoms with van der Waals surface area (Å²) >= 11 is 0. The van der Waals surface area contributed by atoms with Crippen molar-refractivity contribution in [2.45, 2.75) is 12.1 Å².